The predicted molar refractivity (Wildman–Crippen MR) is 88.9 cm³/mol. The van der Waals surface area contributed by atoms with Gasteiger partial charge in [0.05, 0.1) is 18.5 Å². The zero-order valence-electron chi connectivity index (χ0n) is 12.5. The quantitative estimate of drug-likeness (QED) is 0.809. The fourth-order valence-electron chi connectivity index (χ4n) is 2.57. The molecule has 1 heterocycles. The lowest BCUT2D eigenvalue weighted by molar-refractivity contribution is 0.262. The number of nitrogens with one attached hydrogen (secondary N) is 3. The van der Waals surface area contributed by atoms with Gasteiger partial charge < -0.3 is 20.7 Å². The van der Waals surface area contributed by atoms with Gasteiger partial charge in [-0.1, -0.05) is 12.1 Å². The number of carbonyl (C=O) groups excluding carboxylic acids is 1. The third kappa shape index (κ3) is 3.14. The van der Waals surface area contributed by atoms with Crippen molar-refractivity contribution < 1.29 is 9.53 Å². The normalized spacial score (nSPS) is 12.8. The highest BCUT2D eigenvalue weighted by Crippen LogP contribution is 2.30. The summed E-state index contributed by atoms with van der Waals surface area (Å²) in [6.07, 6.45) is 2.16. The first-order valence-corrected chi connectivity index (χ1v) is 7.34. The molecule has 3 N–H and O–H groups in total. The molecule has 0 bridgehead atoms. The van der Waals surface area contributed by atoms with Gasteiger partial charge in [0.25, 0.3) is 0 Å². The summed E-state index contributed by atoms with van der Waals surface area (Å²) < 4.78 is 5.10. The van der Waals surface area contributed by atoms with Crippen molar-refractivity contribution in [1.29, 1.82) is 0 Å². The van der Waals surface area contributed by atoms with E-state index in [-0.39, 0.29) is 6.03 Å². The molecule has 0 atom stereocenters. The topological polar surface area (TPSA) is 62.4 Å². The van der Waals surface area contributed by atoms with E-state index in [0.29, 0.717) is 0 Å². The molecule has 5 heteroatoms. The van der Waals surface area contributed by atoms with Gasteiger partial charge >= 0.3 is 6.03 Å². The van der Waals surface area contributed by atoms with Crippen LogP contribution in [0.15, 0.2) is 42.5 Å². The summed E-state index contributed by atoms with van der Waals surface area (Å²) >= 11 is 0. The number of benzene rings is 2. The number of rotatable bonds is 3. The molecule has 0 aromatic heterocycles. The number of aryl methyl sites for hydroxylation is 1. The number of fused-ring (bicyclic) bond motifs is 1. The van der Waals surface area contributed by atoms with Gasteiger partial charge in [0.2, 0.25) is 0 Å². The first-order chi connectivity index (χ1) is 10.8. The number of para-hydroxylation sites is 1. The van der Waals surface area contributed by atoms with E-state index in [4.69, 9.17) is 4.74 Å². The van der Waals surface area contributed by atoms with E-state index in [1.54, 1.807) is 19.2 Å². The van der Waals surface area contributed by atoms with Gasteiger partial charge in [0.15, 0.2) is 0 Å². The SMILES string of the molecule is COc1ccc(NC(=O)Nc2cccc3c2NCCC3)cc1. The third-order valence-corrected chi connectivity index (χ3v) is 3.67. The van der Waals surface area contributed by atoms with Crippen molar-refractivity contribution in [2.24, 2.45) is 0 Å². The second-order valence-electron chi connectivity index (χ2n) is 5.18. The fourth-order valence-corrected chi connectivity index (χ4v) is 2.57. The number of urea groups is 1. The molecule has 3 rings (SSSR count). The molecule has 2 aromatic carbocycles. The van der Waals surface area contributed by atoms with Gasteiger partial charge in [-0.25, -0.2) is 4.79 Å². The van der Waals surface area contributed by atoms with Crippen molar-refractivity contribution in [3.05, 3.63) is 48.0 Å². The molecule has 0 radical (unpaired) electrons. The van der Waals surface area contributed by atoms with Crippen LogP contribution < -0.4 is 20.7 Å². The van der Waals surface area contributed by atoms with Crippen LogP contribution in [0, 0.1) is 0 Å². The number of hydrogen-bond acceptors (Lipinski definition) is 3. The third-order valence-electron chi connectivity index (χ3n) is 3.67. The molecule has 5 nitrogen and oxygen atoms in total. The number of methoxy groups -OCH3 is 1. The Morgan fingerprint density at radius 2 is 1.95 bits per heavy atom. The molecule has 0 aliphatic carbocycles. The van der Waals surface area contributed by atoms with Crippen molar-refractivity contribution in [2.45, 2.75) is 12.8 Å². The van der Waals surface area contributed by atoms with Gasteiger partial charge in [0, 0.05) is 12.2 Å². The summed E-state index contributed by atoms with van der Waals surface area (Å²) in [5.74, 6) is 0.757. The smallest absolute Gasteiger partial charge is 0.323 e. The van der Waals surface area contributed by atoms with Crippen LogP contribution >= 0.6 is 0 Å². The van der Waals surface area contributed by atoms with Crippen LogP contribution in [0.4, 0.5) is 21.9 Å². The number of carbonyl (C=O) groups is 1. The Hall–Kier alpha value is -2.69. The monoisotopic (exact) mass is 297 g/mol. The first-order valence-electron chi connectivity index (χ1n) is 7.34. The summed E-state index contributed by atoms with van der Waals surface area (Å²) in [4.78, 5) is 12.1. The van der Waals surface area contributed by atoms with E-state index in [0.717, 1.165) is 42.2 Å². The largest absolute Gasteiger partial charge is 0.497 e. The maximum absolute atomic E-state index is 12.1. The standard InChI is InChI=1S/C17H19N3O2/c1-22-14-9-7-13(8-10-14)19-17(21)20-15-6-2-4-12-5-3-11-18-16(12)15/h2,4,6-10,18H,3,5,11H2,1H3,(H2,19,20,21). The molecule has 0 unspecified atom stereocenters. The minimum atomic E-state index is -0.258. The number of ether oxygens (including phenoxy) is 1. The lowest BCUT2D eigenvalue weighted by Gasteiger charge is -2.21. The number of amides is 2. The molecule has 114 valence electrons. The Balaban J connectivity index is 1.69. The zero-order valence-corrected chi connectivity index (χ0v) is 12.5. The second kappa shape index (κ2) is 6.39. The molecule has 0 saturated heterocycles. The first kappa shape index (κ1) is 14.3. The Labute approximate surface area is 129 Å². The highest BCUT2D eigenvalue weighted by Gasteiger charge is 2.13. The van der Waals surface area contributed by atoms with E-state index in [1.807, 2.05) is 24.3 Å². The van der Waals surface area contributed by atoms with E-state index >= 15 is 0 Å². The van der Waals surface area contributed by atoms with Crippen LogP contribution in [-0.4, -0.2) is 19.7 Å². The summed E-state index contributed by atoms with van der Waals surface area (Å²) in [6.45, 7) is 0.936. The van der Waals surface area contributed by atoms with E-state index in [1.165, 1.54) is 5.56 Å². The molecule has 1 aliphatic rings. The minimum Gasteiger partial charge on any atom is -0.497 e. The van der Waals surface area contributed by atoms with Crippen molar-refractivity contribution in [3.8, 4) is 5.75 Å². The fraction of sp³-hybridized carbons (Fsp3) is 0.235. The van der Waals surface area contributed by atoms with Crippen LogP contribution in [0.5, 0.6) is 5.75 Å². The van der Waals surface area contributed by atoms with Crippen molar-refractivity contribution >= 4 is 23.1 Å². The highest BCUT2D eigenvalue weighted by atomic mass is 16.5. The maximum Gasteiger partial charge on any atom is 0.323 e. The Bertz CT molecular complexity index is 668. The van der Waals surface area contributed by atoms with Gasteiger partial charge in [-0.15, -0.1) is 0 Å². The molecule has 2 aromatic rings. The number of hydrogen-bond donors (Lipinski definition) is 3. The molecule has 0 spiro atoms. The average molecular weight is 297 g/mol. The summed E-state index contributed by atoms with van der Waals surface area (Å²) in [5.41, 5.74) is 3.80. The van der Waals surface area contributed by atoms with Crippen LogP contribution in [0.25, 0.3) is 0 Å². The van der Waals surface area contributed by atoms with Crippen LogP contribution in [0.1, 0.15) is 12.0 Å². The van der Waals surface area contributed by atoms with Crippen LogP contribution in [0.3, 0.4) is 0 Å². The molecular formula is C17H19N3O2. The molecule has 22 heavy (non-hydrogen) atoms. The lowest BCUT2D eigenvalue weighted by atomic mass is 10.0. The van der Waals surface area contributed by atoms with E-state index < -0.39 is 0 Å². The van der Waals surface area contributed by atoms with Gasteiger partial charge in [0.1, 0.15) is 5.75 Å². The predicted octanol–water partition coefficient (Wildman–Crippen LogP) is 3.70. The molecule has 0 fully saturated rings. The molecule has 0 saturated carbocycles. The number of anilines is 3. The van der Waals surface area contributed by atoms with Gasteiger partial charge in [-0.2, -0.15) is 0 Å². The van der Waals surface area contributed by atoms with E-state index in [2.05, 4.69) is 22.0 Å². The van der Waals surface area contributed by atoms with Gasteiger partial charge in [-0.05, 0) is 48.7 Å². The molecule has 2 amide bonds. The molecule has 1 aliphatic heterocycles. The minimum absolute atomic E-state index is 0.258. The van der Waals surface area contributed by atoms with Crippen molar-refractivity contribution in [1.82, 2.24) is 0 Å². The Morgan fingerprint density at radius 1 is 1.14 bits per heavy atom. The van der Waals surface area contributed by atoms with Gasteiger partial charge in [-0.3, -0.25) is 0 Å². The molecular weight excluding hydrogens is 278 g/mol. The zero-order chi connectivity index (χ0) is 15.4. The van der Waals surface area contributed by atoms with Crippen molar-refractivity contribution in [2.75, 3.05) is 29.6 Å². The van der Waals surface area contributed by atoms with Crippen LogP contribution in [-0.2, 0) is 6.42 Å². The maximum atomic E-state index is 12.1. The summed E-state index contributed by atoms with van der Waals surface area (Å²) in [7, 11) is 1.61. The summed E-state index contributed by atoms with van der Waals surface area (Å²) in [6, 6.07) is 12.9. The Kier molecular flexibility index (Phi) is 4.14. The Morgan fingerprint density at radius 3 is 2.73 bits per heavy atom. The van der Waals surface area contributed by atoms with Crippen LogP contribution in [0.2, 0.25) is 0 Å². The lowest BCUT2D eigenvalue weighted by Crippen LogP contribution is -2.21. The second-order valence-corrected chi connectivity index (χ2v) is 5.18. The van der Waals surface area contributed by atoms with Crippen molar-refractivity contribution in [3.63, 3.8) is 0 Å². The average Bonchev–Trinajstić information content (AvgIpc) is 2.56. The summed E-state index contributed by atoms with van der Waals surface area (Å²) in [5, 5.41) is 9.07. The highest BCUT2D eigenvalue weighted by molar-refractivity contribution is 6.02. The van der Waals surface area contributed by atoms with E-state index in [9.17, 15) is 4.79 Å².